The Bertz CT molecular complexity index is 1120. The van der Waals surface area contributed by atoms with E-state index < -0.39 is 0 Å². The monoisotopic (exact) mass is 531 g/mol. The third-order valence-electron chi connectivity index (χ3n) is 5.03. The van der Waals surface area contributed by atoms with Crippen molar-refractivity contribution in [1.29, 1.82) is 0 Å². The standard InChI is InChI=1S/C25H26INO4/c1-28-12-13-29-14-15-30-16-17-31-21-9-7-20(8-10-21)27-24-5-3-2-4-22(24)23-18-19(26)6-11-25(23)27/h2-11,18H,12-17H2,1H3. The Kier molecular flexibility index (Phi) is 7.80. The molecule has 0 atom stereocenters. The van der Waals surface area contributed by atoms with Gasteiger partial charge in [0, 0.05) is 27.1 Å². The summed E-state index contributed by atoms with van der Waals surface area (Å²) in [7, 11) is 1.66. The van der Waals surface area contributed by atoms with Crippen LogP contribution >= 0.6 is 22.6 Å². The minimum Gasteiger partial charge on any atom is -0.491 e. The predicted octanol–water partition coefficient (Wildman–Crippen LogP) is 5.45. The molecule has 31 heavy (non-hydrogen) atoms. The zero-order chi connectivity index (χ0) is 21.5. The lowest BCUT2D eigenvalue weighted by molar-refractivity contribution is 0.0180. The fourth-order valence-corrected chi connectivity index (χ4v) is 4.09. The first-order chi connectivity index (χ1) is 15.3. The summed E-state index contributed by atoms with van der Waals surface area (Å²) in [5.41, 5.74) is 3.52. The Labute approximate surface area is 196 Å². The van der Waals surface area contributed by atoms with Gasteiger partial charge in [-0.2, -0.15) is 0 Å². The van der Waals surface area contributed by atoms with E-state index in [4.69, 9.17) is 18.9 Å². The Morgan fingerprint density at radius 1 is 0.710 bits per heavy atom. The summed E-state index contributed by atoms with van der Waals surface area (Å²) in [6.07, 6.45) is 0. The summed E-state index contributed by atoms with van der Waals surface area (Å²) >= 11 is 2.37. The molecule has 4 aromatic rings. The molecule has 5 nitrogen and oxygen atoms in total. The number of rotatable bonds is 11. The molecule has 4 rings (SSSR count). The van der Waals surface area contributed by atoms with Crippen LogP contribution in [-0.4, -0.2) is 51.3 Å². The van der Waals surface area contributed by atoms with Crippen molar-refractivity contribution >= 4 is 44.4 Å². The molecule has 0 unspecified atom stereocenters. The number of benzene rings is 3. The first-order valence-electron chi connectivity index (χ1n) is 10.3. The van der Waals surface area contributed by atoms with Crippen molar-refractivity contribution < 1.29 is 18.9 Å². The molecule has 0 spiro atoms. The van der Waals surface area contributed by atoms with E-state index in [1.54, 1.807) is 7.11 Å². The molecule has 0 saturated carbocycles. The Morgan fingerprint density at radius 2 is 1.39 bits per heavy atom. The van der Waals surface area contributed by atoms with E-state index in [2.05, 4.69) is 81.8 Å². The molecule has 0 aliphatic heterocycles. The molecule has 0 bridgehead atoms. The Hall–Kier alpha value is -2.13. The van der Waals surface area contributed by atoms with Crippen molar-refractivity contribution in [1.82, 2.24) is 4.57 Å². The third kappa shape index (κ3) is 5.38. The normalized spacial score (nSPS) is 11.4. The number of para-hydroxylation sites is 1. The zero-order valence-electron chi connectivity index (χ0n) is 17.6. The first-order valence-corrected chi connectivity index (χ1v) is 11.4. The average molecular weight is 531 g/mol. The topological polar surface area (TPSA) is 41.9 Å². The number of hydrogen-bond acceptors (Lipinski definition) is 4. The van der Waals surface area contributed by atoms with Gasteiger partial charge >= 0.3 is 0 Å². The van der Waals surface area contributed by atoms with Crippen molar-refractivity contribution in [2.75, 3.05) is 46.8 Å². The third-order valence-corrected chi connectivity index (χ3v) is 5.70. The molecule has 6 heteroatoms. The molecule has 1 heterocycles. The fraction of sp³-hybridized carbons (Fsp3) is 0.280. The second-order valence-corrected chi connectivity index (χ2v) is 8.32. The second kappa shape index (κ2) is 10.9. The second-order valence-electron chi connectivity index (χ2n) is 7.07. The Morgan fingerprint density at radius 3 is 2.16 bits per heavy atom. The van der Waals surface area contributed by atoms with Crippen LogP contribution in [-0.2, 0) is 14.2 Å². The van der Waals surface area contributed by atoms with E-state index in [1.807, 2.05) is 12.1 Å². The molecule has 3 aromatic carbocycles. The minimum absolute atomic E-state index is 0.505. The molecule has 1 aromatic heterocycles. The maximum atomic E-state index is 5.82. The highest BCUT2D eigenvalue weighted by molar-refractivity contribution is 14.1. The number of ether oxygens (including phenoxy) is 4. The van der Waals surface area contributed by atoms with Gasteiger partial charge in [0.05, 0.1) is 44.1 Å². The van der Waals surface area contributed by atoms with E-state index in [-0.39, 0.29) is 0 Å². The molecule has 0 aliphatic rings. The van der Waals surface area contributed by atoms with Gasteiger partial charge in [-0.25, -0.2) is 0 Å². The summed E-state index contributed by atoms with van der Waals surface area (Å²) < 4.78 is 25.2. The maximum absolute atomic E-state index is 5.82. The maximum Gasteiger partial charge on any atom is 0.119 e. The highest BCUT2D eigenvalue weighted by atomic mass is 127. The number of hydrogen-bond donors (Lipinski definition) is 0. The highest BCUT2D eigenvalue weighted by Crippen LogP contribution is 2.33. The lowest BCUT2D eigenvalue weighted by Crippen LogP contribution is -2.12. The van der Waals surface area contributed by atoms with Crippen molar-refractivity contribution in [3.63, 3.8) is 0 Å². The summed E-state index contributed by atoms with van der Waals surface area (Å²) in [6.45, 7) is 3.35. The number of halogens is 1. The SMILES string of the molecule is COCCOCCOCCOc1ccc(-n2c3ccccc3c3cc(I)ccc32)cc1. The number of methoxy groups -OCH3 is 1. The van der Waals surface area contributed by atoms with Crippen LogP contribution in [0.15, 0.2) is 66.7 Å². The molecule has 0 aliphatic carbocycles. The van der Waals surface area contributed by atoms with Gasteiger partial charge in [0.1, 0.15) is 12.4 Å². The smallest absolute Gasteiger partial charge is 0.119 e. The molecule has 0 amide bonds. The number of nitrogens with zero attached hydrogens (tertiary/aromatic N) is 1. The van der Waals surface area contributed by atoms with E-state index >= 15 is 0 Å². The molecule has 0 N–H and O–H groups in total. The van der Waals surface area contributed by atoms with Gasteiger partial charge in [-0.3, -0.25) is 0 Å². The van der Waals surface area contributed by atoms with Gasteiger partial charge in [0.2, 0.25) is 0 Å². The predicted molar refractivity (Wildman–Crippen MR) is 133 cm³/mol. The van der Waals surface area contributed by atoms with E-state index in [0.717, 1.165) is 11.4 Å². The van der Waals surface area contributed by atoms with Crippen molar-refractivity contribution in [2.45, 2.75) is 0 Å². The zero-order valence-corrected chi connectivity index (χ0v) is 19.7. The van der Waals surface area contributed by atoms with Crippen molar-refractivity contribution in [2.24, 2.45) is 0 Å². The largest absolute Gasteiger partial charge is 0.491 e. The molecule has 0 radical (unpaired) electrons. The summed E-state index contributed by atoms with van der Waals surface area (Å²) in [5.74, 6) is 0.832. The van der Waals surface area contributed by atoms with Crippen LogP contribution in [0.2, 0.25) is 0 Å². The van der Waals surface area contributed by atoms with E-state index in [0.29, 0.717) is 39.6 Å². The first kappa shape index (κ1) is 22.1. The van der Waals surface area contributed by atoms with Gasteiger partial charge in [0.15, 0.2) is 0 Å². The lowest BCUT2D eigenvalue weighted by atomic mass is 10.2. The summed E-state index contributed by atoms with van der Waals surface area (Å²) in [6, 6.07) is 23.3. The molecule has 162 valence electrons. The molecular weight excluding hydrogens is 505 g/mol. The average Bonchev–Trinajstić information content (AvgIpc) is 3.12. The highest BCUT2D eigenvalue weighted by Gasteiger charge is 2.12. The van der Waals surface area contributed by atoms with Crippen LogP contribution in [0.1, 0.15) is 0 Å². The number of fused-ring (bicyclic) bond motifs is 3. The van der Waals surface area contributed by atoms with E-state index in [1.165, 1.54) is 25.4 Å². The summed E-state index contributed by atoms with van der Waals surface area (Å²) in [4.78, 5) is 0. The van der Waals surface area contributed by atoms with Crippen LogP contribution in [0, 0.1) is 3.57 Å². The van der Waals surface area contributed by atoms with Crippen LogP contribution in [0.5, 0.6) is 5.75 Å². The van der Waals surface area contributed by atoms with Gasteiger partial charge < -0.3 is 23.5 Å². The fourth-order valence-electron chi connectivity index (χ4n) is 3.60. The Balaban J connectivity index is 1.39. The van der Waals surface area contributed by atoms with E-state index in [9.17, 15) is 0 Å². The van der Waals surface area contributed by atoms with Gasteiger partial charge in [-0.05, 0) is 71.1 Å². The van der Waals surface area contributed by atoms with Crippen LogP contribution in [0.4, 0.5) is 0 Å². The minimum atomic E-state index is 0.505. The van der Waals surface area contributed by atoms with Crippen LogP contribution in [0.3, 0.4) is 0 Å². The van der Waals surface area contributed by atoms with Crippen molar-refractivity contribution in [3.05, 3.63) is 70.3 Å². The van der Waals surface area contributed by atoms with Gasteiger partial charge in [0.25, 0.3) is 0 Å². The molecule has 0 fully saturated rings. The van der Waals surface area contributed by atoms with Gasteiger partial charge in [-0.1, -0.05) is 18.2 Å². The van der Waals surface area contributed by atoms with Crippen LogP contribution in [0.25, 0.3) is 27.5 Å². The molecule has 0 saturated heterocycles. The molecular formula is C25H26INO4. The summed E-state index contributed by atoms with van der Waals surface area (Å²) in [5, 5.41) is 2.53. The quantitative estimate of drug-likeness (QED) is 0.191. The van der Waals surface area contributed by atoms with Crippen molar-refractivity contribution in [3.8, 4) is 11.4 Å². The lowest BCUT2D eigenvalue weighted by Gasteiger charge is -2.10. The number of aromatic nitrogens is 1. The van der Waals surface area contributed by atoms with Crippen LogP contribution < -0.4 is 4.74 Å². The van der Waals surface area contributed by atoms with Gasteiger partial charge in [-0.15, -0.1) is 0 Å².